The third-order valence-corrected chi connectivity index (χ3v) is 3.84. The summed E-state index contributed by atoms with van der Waals surface area (Å²) in [6, 6.07) is 7.60. The number of carbonyl (C=O) groups is 1. The third kappa shape index (κ3) is 2.97. The highest BCUT2D eigenvalue weighted by atomic mass is 16.4. The van der Waals surface area contributed by atoms with E-state index in [0.717, 1.165) is 42.2 Å². The van der Waals surface area contributed by atoms with Crippen molar-refractivity contribution in [3.05, 3.63) is 35.7 Å². The molecule has 1 saturated heterocycles. The molecule has 5 heteroatoms. The fourth-order valence-electron chi connectivity index (χ4n) is 2.45. The molecule has 1 fully saturated rings. The maximum atomic E-state index is 12.1. The van der Waals surface area contributed by atoms with Crippen LogP contribution in [0, 0.1) is 19.8 Å². The van der Waals surface area contributed by atoms with Crippen molar-refractivity contribution >= 4 is 11.6 Å². The molecule has 1 aromatic heterocycles. The average molecular weight is 285 g/mol. The minimum Gasteiger partial charge on any atom is -0.441 e. The van der Waals surface area contributed by atoms with Crippen LogP contribution in [0.15, 0.2) is 28.7 Å². The standard InChI is InChI=1S/C16H19N3O2/c1-10-11(2)21-16(18-10)12-4-3-5-14(8-12)19-15(20)13-6-7-17-9-13/h3-5,8,13,17H,6-7,9H2,1-2H3,(H,19,20). The van der Waals surface area contributed by atoms with Crippen LogP contribution in [0.5, 0.6) is 0 Å². The molecule has 0 radical (unpaired) electrons. The predicted octanol–water partition coefficient (Wildman–Crippen LogP) is 2.51. The van der Waals surface area contributed by atoms with Gasteiger partial charge in [-0.1, -0.05) is 6.07 Å². The SMILES string of the molecule is Cc1nc(-c2cccc(NC(=O)C3CCNC3)c2)oc1C. The summed E-state index contributed by atoms with van der Waals surface area (Å²) in [5.41, 5.74) is 2.53. The number of hydrogen-bond acceptors (Lipinski definition) is 4. The molecule has 1 aliphatic heterocycles. The topological polar surface area (TPSA) is 67.2 Å². The zero-order valence-corrected chi connectivity index (χ0v) is 12.3. The molecule has 2 heterocycles. The molecule has 0 spiro atoms. The molecule has 1 unspecified atom stereocenters. The van der Waals surface area contributed by atoms with E-state index < -0.39 is 0 Å². The van der Waals surface area contributed by atoms with Gasteiger partial charge in [0.1, 0.15) is 5.76 Å². The molecule has 1 amide bonds. The van der Waals surface area contributed by atoms with E-state index in [-0.39, 0.29) is 11.8 Å². The van der Waals surface area contributed by atoms with Gasteiger partial charge in [-0.15, -0.1) is 0 Å². The van der Waals surface area contributed by atoms with Crippen LogP contribution < -0.4 is 10.6 Å². The summed E-state index contributed by atoms with van der Waals surface area (Å²) >= 11 is 0. The Morgan fingerprint density at radius 2 is 2.29 bits per heavy atom. The Bertz CT molecular complexity index is 638. The van der Waals surface area contributed by atoms with Crippen LogP contribution in [0.2, 0.25) is 0 Å². The van der Waals surface area contributed by atoms with Gasteiger partial charge in [0.15, 0.2) is 0 Å². The van der Waals surface area contributed by atoms with Crippen LogP contribution in [-0.4, -0.2) is 24.0 Å². The minimum absolute atomic E-state index is 0.0554. The van der Waals surface area contributed by atoms with Crippen LogP contribution >= 0.6 is 0 Å². The van der Waals surface area contributed by atoms with Crippen LogP contribution in [0.1, 0.15) is 17.9 Å². The lowest BCUT2D eigenvalue weighted by molar-refractivity contribution is -0.119. The summed E-state index contributed by atoms with van der Waals surface area (Å²) in [5, 5.41) is 6.17. The predicted molar refractivity (Wildman–Crippen MR) is 81.0 cm³/mol. The van der Waals surface area contributed by atoms with Crippen molar-refractivity contribution in [1.82, 2.24) is 10.3 Å². The highest BCUT2D eigenvalue weighted by Gasteiger charge is 2.22. The number of nitrogens with zero attached hydrogens (tertiary/aromatic N) is 1. The molecule has 0 aliphatic carbocycles. The van der Waals surface area contributed by atoms with E-state index in [9.17, 15) is 4.79 Å². The van der Waals surface area contributed by atoms with Crippen molar-refractivity contribution < 1.29 is 9.21 Å². The molecule has 1 aliphatic rings. The number of nitrogens with one attached hydrogen (secondary N) is 2. The van der Waals surface area contributed by atoms with Crippen LogP contribution in [0.4, 0.5) is 5.69 Å². The van der Waals surface area contributed by atoms with Crippen LogP contribution in [0.3, 0.4) is 0 Å². The van der Waals surface area contributed by atoms with Gasteiger partial charge >= 0.3 is 0 Å². The van der Waals surface area contributed by atoms with E-state index in [1.54, 1.807) is 0 Å². The lowest BCUT2D eigenvalue weighted by atomic mass is 10.1. The number of amides is 1. The summed E-state index contributed by atoms with van der Waals surface area (Å²) in [6.07, 6.45) is 0.893. The Balaban J connectivity index is 1.78. The highest BCUT2D eigenvalue weighted by molar-refractivity contribution is 5.93. The van der Waals surface area contributed by atoms with Gasteiger partial charge in [0.25, 0.3) is 0 Å². The van der Waals surface area contributed by atoms with Gasteiger partial charge in [-0.2, -0.15) is 0 Å². The third-order valence-electron chi connectivity index (χ3n) is 3.84. The van der Waals surface area contributed by atoms with E-state index in [4.69, 9.17) is 4.42 Å². The van der Waals surface area contributed by atoms with Crippen molar-refractivity contribution in [2.45, 2.75) is 20.3 Å². The van der Waals surface area contributed by atoms with Gasteiger partial charge in [0.2, 0.25) is 11.8 Å². The quantitative estimate of drug-likeness (QED) is 0.909. The van der Waals surface area contributed by atoms with E-state index >= 15 is 0 Å². The Labute approximate surface area is 123 Å². The Morgan fingerprint density at radius 1 is 1.43 bits per heavy atom. The van der Waals surface area contributed by atoms with Crippen molar-refractivity contribution in [2.24, 2.45) is 5.92 Å². The highest BCUT2D eigenvalue weighted by Crippen LogP contribution is 2.24. The maximum absolute atomic E-state index is 12.1. The fourth-order valence-corrected chi connectivity index (χ4v) is 2.45. The van der Waals surface area contributed by atoms with Gasteiger partial charge in [0, 0.05) is 17.8 Å². The first-order valence-corrected chi connectivity index (χ1v) is 7.19. The number of benzene rings is 1. The molecule has 2 N–H and O–H groups in total. The second kappa shape index (κ2) is 5.69. The largest absolute Gasteiger partial charge is 0.441 e. The molecule has 5 nitrogen and oxygen atoms in total. The lowest BCUT2D eigenvalue weighted by Crippen LogP contribution is -2.24. The van der Waals surface area contributed by atoms with Gasteiger partial charge in [-0.25, -0.2) is 4.98 Å². The van der Waals surface area contributed by atoms with Crippen molar-refractivity contribution in [1.29, 1.82) is 0 Å². The van der Waals surface area contributed by atoms with E-state index in [1.165, 1.54) is 0 Å². The fraction of sp³-hybridized carbons (Fsp3) is 0.375. The van der Waals surface area contributed by atoms with Crippen molar-refractivity contribution in [3.63, 3.8) is 0 Å². The summed E-state index contributed by atoms with van der Waals surface area (Å²) in [7, 11) is 0. The normalized spacial score (nSPS) is 17.9. The van der Waals surface area contributed by atoms with Crippen LogP contribution in [-0.2, 0) is 4.79 Å². The second-order valence-corrected chi connectivity index (χ2v) is 5.42. The smallest absolute Gasteiger partial charge is 0.228 e. The van der Waals surface area contributed by atoms with Crippen LogP contribution in [0.25, 0.3) is 11.5 Å². The number of carbonyl (C=O) groups excluding carboxylic acids is 1. The Hall–Kier alpha value is -2.14. The zero-order valence-electron chi connectivity index (χ0n) is 12.3. The zero-order chi connectivity index (χ0) is 14.8. The minimum atomic E-state index is 0.0554. The molecule has 21 heavy (non-hydrogen) atoms. The number of aromatic nitrogens is 1. The Morgan fingerprint density at radius 3 is 2.95 bits per heavy atom. The van der Waals surface area contributed by atoms with Gasteiger partial charge < -0.3 is 15.1 Å². The first kappa shape index (κ1) is 13.8. The monoisotopic (exact) mass is 285 g/mol. The van der Waals surface area contributed by atoms with E-state index in [0.29, 0.717) is 5.89 Å². The van der Waals surface area contributed by atoms with Gasteiger partial charge in [0.05, 0.1) is 11.6 Å². The van der Waals surface area contributed by atoms with Crippen molar-refractivity contribution in [3.8, 4) is 11.5 Å². The summed E-state index contributed by atoms with van der Waals surface area (Å²) < 4.78 is 5.63. The molecule has 1 aromatic carbocycles. The molecule has 2 aromatic rings. The van der Waals surface area contributed by atoms with E-state index in [1.807, 2.05) is 38.1 Å². The summed E-state index contributed by atoms with van der Waals surface area (Å²) in [6.45, 7) is 5.47. The first-order valence-electron chi connectivity index (χ1n) is 7.19. The molecule has 3 rings (SSSR count). The van der Waals surface area contributed by atoms with Gasteiger partial charge in [-0.3, -0.25) is 4.79 Å². The Kier molecular flexibility index (Phi) is 3.75. The number of oxazole rings is 1. The number of hydrogen-bond donors (Lipinski definition) is 2. The number of anilines is 1. The molecule has 0 saturated carbocycles. The molecular weight excluding hydrogens is 266 g/mol. The second-order valence-electron chi connectivity index (χ2n) is 5.42. The summed E-state index contributed by atoms with van der Waals surface area (Å²) in [5.74, 6) is 1.52. The number of aryl methyl sites for hydroxylation is 2. The van der Waals surface area contributed by atoms with Crippen molar-refractivity contribution in [2.75, 3.05) is 18.4 Å². The van der Waals surface area contributed by atoms with E-state index in [2.05, 4.69) is 15.6 Å². The first-order chi connectivity index (χ1) is 10.1. The maximum Gasteiger partial charge on any atom is 0.228 e. The molecule has 1 atom stereocenters. The molecule has 110 valence electrons. The molecular formula is C16H19N3O2. The molecule has 0 bridgehead atoms. The summed E-state index contributed by atoms with van der Waals surface area (Å²) in [4.78, 5) is 16.5. The average Bonchev–Trinajstić information content (AvgIpc) is 3.10. The number of rotatable bonds is 3. The van der Waals surface area contributed by atoms with Gasteiger partial charge in [-0.05, 0) is 45.0 Å². The lowest BCUT2D eigenvalue weighted by Gasteiger charge is -2.10.